The maximum atomic E-state index is 13.5. The molecule has 1 unspecified atom stereocenters. The fourth-order valence-electron chi connectivity index (χ4n) is 4.98. The highest BCUT2D eigenvalue weighted by atomic mass is 32.2. The van der Waals surface area contributed by atoms with E-state index < -0.39 is 16.2 Å². The predicted octanol–water partition coefficient (Wildman–Crippen LogP) is 4.46. The number of hydrogen-bond acceptors (Lipinski definition) is 3. The van der Waals surface area contributed by atoms with E-state index in [0.29, 0.717) is 6.54 Å². The molecule has 0 radical (unpaired) electrons. The second-order valence-electron chi connectivity index (χ2n) is 9.39. The van der Waals surface area contributed by atoms with E-state index in [-0.39, 0.29) is 11.7 Å². The summed E-state index contributed by atoms with van der Waals surface area (Å²) >= 11 is 0. The van der Waals surface area contributed by atoms with Crippen LogP contribution in [0.5, 0.6) is 0 Å². The van der Waals surface area contributed by atoms with Crippen LogP contribution in [0.15, 0.2) is 53.6 Å². The number of benzene rings is 2. The van der Waals surface area contributed by atoms with Crippen molar-refractivity contribution < 1.29 is 13.4 Å². The van der Waals surface area contributed by atoms with Crippen molar-refractivity contribution in [3.05, 3.63) is 65.6 Å². The second kappa shape index (κ2) is 8.22. The smallest absolute Gasteiger partial charge is 0.237 e. The van der Waals surface area contributed by atoms with Gasteiger partial charge in [-0.3, -0.25) is 13.9 Å². The fourth-order valence-corrected chi connectivity index (χ4v) is 5.52. The Morgan fingerprint density at radius 3 is 2.70 bits per heavy atom. The van der Waals surface area contributed by atoms with Crippen LogP contribution in [0.3, 0.4) is 0 Å². The number of nitrogens with zero attached hydrogens (tertiary/aromatic N) is 2. The fraction of sp³-hybridized carbons (Fsp3) is 0.346. The first-order valence-corrected chi connectivity index (χ1v) is 12.8. The number of anilines is 1. The van der Waals surface area contributed by atoms with E-state index in [2.05, 4.69) is 16.0 Å². The molecule has 2 aromatic carbocycles. The summed E-state index contributed by atoms with van der Waals surface area (Å²) in [5.74, 6) is -0.143. The van der Waals surface area contributed by atoms with Crippen LogP contribution in [-0.2, 0) is 21.0 Å². The molecule has 1 N–H and O–H groups in total. The Morgan fingerprint density at radius 1 is 1.15 bits per heavy atom. The van der Waals surface area contributed by atoms with Crippen molar-refractivity contribution in [1.29, 1.82) is 0 Å². The summed E-state index contributed by atoms with van der Waals surface area (Å²) in [5.41, 5.74) is 4.49. The first kappa shape index (κ1) is 22.0. The van der Waals surface area contributed by atoms with E-state index in [1.165, 1.54) is 17.7 Å². The molecule has 172 valence electrons. The molecule has 0 spiro atoms. The molecular formula is C26H28FN3O2S. The number of nitrogens with one attached hydrogen (secondary N) is 1. The minimum Gasteiger partial charge on any atom is -0.360 e. The standard InChI is InChI=1S/C26H28FN3O2S/c1-26(2)22-15-19(33(3)32)5-7-24(22)30(25(26)31)13-12-29-10-8-17(9-11-29)21-16-28-23-14-18(27)4-6-20(21)23/h4-8,14-16,28H,9-13H2,1-3H3. The average molecular weight is 466 g/mol. The van der Waals surface area contributed by atoms with Crippen LogP contribution in [-0.4, -0.2) is 52.4 Å². The Morgan fingerprint density at radius 2 is 1.97 bits per heavy atom. The van der Waals surface area contributed by atoms with Crippen molar-refractivity contribution >= 4 is 38.9 Å². The SMILES string of the molecule is CS(=O)c1ccc2c(c1)C(C)(C)C(=O)N2CCN1CC=C(c2c[nH]c3cc(F)ccc23)CC1. The quantitative estimate of drug-likeness (QED) is 0.605. The lowest BCUT2D eigenvalue weighted by atomic mass is 9.86. The molecule has 33 heavy (non-hydrogen) atoms. The monoisotopic (exact) mass is 465 g/mol. The summed E-state index contributed by atoms with van der Waals surface area (Å²) in [6.45, 7) is 7.02. The molecule has 0 aliphatic carbocycles. The molecule has 0 saturated heterocycles. The largest absolute Gasteiger partial charge is 0.360 e. The van der Waals surface area contributed by atoms with Gasteiger partial charge in [-0.05, 0) is 67.8 Å². The number of amides is 1. The average Bonchev–Trinajstić information content (AvgIpc) is 3.29. The van der Waals surface area contributed by atoms with Gasteiger partial charge in [0.2, 0.25) is 5.91 Å². The van der Waals surface area contributed by atoms with E-state index in [1.807, 2.05) is 49.2 Å². The highest BCUT2D eigenvalue weighted by molar-refractivity contribution is 7.84. The van der Waals surface area contributed by atoms with Crippen molar-refractivity contribution in [3.63, 3.8) is 0 Å². The van der Waals surface area contributed by atoms with Crippen molar-refractivity contribution in [2.45, 2.75) is 30.6 Å². The van der Waals surface area contributed by atoms with E-state index in [1.54, 1.807) is 6.26 Å². The second-order valence-corrected chi connectivity index (χ2v) is 10.8. The molecule has 1 atom stereocenters. The molecule has 1 amide bonds. The van der Waals surface area contributed by atoms with Crippen LogP contribution in [0.4, 0.5) is 10.1 Å². The Labute approximate surface area is 195 Å². The number of halogens is 1. The van der Waals surface area contributed by atoms with Crippen molar-refractivity contribution in [2.75, 3.05) is 37.3 Å². The van der Waals surface area contributed by atoms with Gasteiger partial charge in [0.1, 0.15) is 5.82 Å². The summed E-state index contributed by atoms with van der Waals surface area (Å²) in [5, 5.41) is 1.05. The van der Waals surface area contributed by atoms with E-state index in [4.69, 9.17) is 0 Å². The molecule has 2 aliphatic rings. The van der Waals surface area contributed by atoms with Gasteiger partial charge in [-0.25, -0.2) is 4.39 Å². The van der Waals surface area contributed by atoms with Gasteiger partial charge >= 0.3 is 0 Å². The summed E-state index contributed by atoms with van der Waals surface area (Å²) in [7, 11) is -1.08. The number of aromatic nitrogens is 1. The highest BCUT2D eigenvalue weighted by Crippen LogP contribution is 2.42. The van der Waals surface area contributed by atoms with Crippen LogP contribution < -0.4 is 4.90 Å². The lowest BCUT2D eigenvalue weighted by molar-refractivity contribution is -0.122. The Balaban J connectivity index is 1.29. The maximum absolute atomic E-state index is 13.5. The first-order valence-electron chi connectivity index (χ1n) is 11.2. The topological polar surface area (TPSA) is 56.4 Å². The molecular weight excluding hydrogens is 437 g/mol. The minimum absolute atomic E-state index is 0.0933. The van der Waals surface area contributed by atoms with E-state index in [0.717, 1.165) is 58.7 Å². The first-order chi connectivity index (χ1) is 15.8. The molecule has 5 nitrogen and oxygen atoms in total. The van der Waals surface area contributed by atoms with Gasteiger partial charge in [-0.2, -0.15) is 0 Å². The van der Waals surface area contributed by atoms with E-state index >= 15 is 0 Å². The molecule has 3 heterocycles. The van der Waals surface area contributed by atoms with Gasteiger partial charge in [0.25, 0.3) is 0 Å². The van der Waals surface area contributed by atoms with Crippen molar-refractivity contribution in [2.24, 2.45) is 0 Å². The number of carbonyl (C=O) groups is 1. The van der Waals surface area contributed by atoms with Crippen LogP contribution in [0.1, 0.15) is 31.4 Å². The van der Waals surface area contributed by atoms with Crippen LogP contribution >= 0.6 is 0 Å². The Kier molecular flexibility index (Phi) is 5.49. The van der Waals surface area contributed by atoms with Crippen LogP contribution in [0, 0.1) is 5.82 Å². The van der Waals surface area contributed by atoms with Gasteiger partial charge in [0.15, 0.2) is 0 Å². The zero-order chi connectivity index (χ0) is 23.3. The van der Waals surface area contributed by atoms with Crippen LogP contribution in [0.25, 0.3) is 16.5 Å². The number of aromatic amines is 1. The third-order valence-corrected chi connectivity index (χ3v) is 7.88. The van der Waals surface area contributed by atoms with E-state index in [9.17, 15) is 13.4 Å². The summed E-state index contributed by atoms with van der Waals surface area (Å²) in [6.07, 6.45) is 6.77. The third-order valence-electron chi connectivity index (χ3n) is 6.97. The highest BCUT2D eigenvalue weighted by Gasteiger charge is 2.43. The zero-order valence-electron chi connectivity index (χ0n) is 19.2. The maximum Gasteiger partial charge on any atom is 0.237 e. The molecule has 5 rings (SSSR count). The van der Waals surface area contributed by atoms with Gasteiger partial charge in [-0.15, -0.1) is 0 Å². The number of rotatable bonds is 5. The lowest BCUT2D eigenvalue weighted by Crippen LogP contribution is -2.42. The van der Waals surface area contributed by atoms with Gasteiger partial charge < -0.3 is 9.88 Å². The molecule has 3 aromatic rings. The predicted molar refractivity (Wildman–Crippen MR) is 131 cm³/mol. The minimum atomic E-state index is -1.08. The number of H-pyrrole nitrogens is 1. The molecule has 2 aliphatic heterocycles. The molecule has 0 saturated carbocycles. The summed E-state index contributed by atoms with van der Waals surface area (Å²) < 4.78 is 25.4. The lowest BCUT2D eigenvalue weighted by Gasteiger charge is -2.29. The zero-order valence-corrected chi connectivity index (χ0v) is 20.0. The van der Waals surface area contributed by atoms with Gasteiger partial charge in [0, 0.05) is 76.5 Å². The molecule has 0 bridgehead atoms. The van der Waals surface area contributed by atoms with Crippen molar-refractivity contribution in [3.8, 4) is 0 Å². The number of fused-ring (bicyclic) bond motifs is 2. The number of carbonyl (C=O) groups excluding carboxylic acids is 1. The normalized spacial score (nSPS) is 19.1. The van der Waals surface area contributed by atoms with Gasteiger partial charge in [0.05, 0.1) is 5.41 Å². The van der Waals surface area contributed by atoms with Crippen LogP contribution in [0.2, 0.25) is 0 Å². The Hall–Kier alpha value is -2.77. The molecule has 7 heteroatoms. The molecule has 0 fully saturated rings. The summed E-state index contributed by atoms with van der Waals surface area (Å²) in [6, 6.07) is 10.6. The molecule has 1 aromatic heterocycles. The van der Waals surface area contributed by atoms with Gasteiger partial charge in [-0.1, -0.05) is 6.08 Å². The third kappa shape index (κ3) is 3.83. The Bertz CT molecular complexity index is 1310. The van der Waals surface area contributed by atoms with Crippen molar-refractivity contribution in [1.82, 2.24) is 9.88 Å². The number of hydrogen-bond donors (Lipinski definition) is 1. The summed E-state index contributed by atoms with van der Waals surface area (Å²) in [4.78, 5) is 21.3.